The third kappa shape index (κ3) is 4.79. The van der Waals surface area contributed by atoms with Gasteiger partial charge in [0.25, 0.3) is 0 Å². The summed E-state index contributed by atoms with van der Waals surface area (Å²) >= 11 is 5.05. The second-order valence-corrected chi connectivity index (χ2v) is 7.96. The Bertz CT molecular complexity index is 1410. The van der Waals surface area contributed by atoms with E-state index in [-0.39, 0.29) is 29.5 Å². The number of hydrogen-bond acceptors (Lipinski definition) is 6. The molecular weight excluding hydrogens is 447 g/mol. The van der Waals surface area contributed by atoms with Crippen LogP contribution in [0.5, 0.6) is 0 Å². The van der Waals surface area contributed by atoms with Crippen LogP contribution in [0.3, 0.4) is 0 Å². The maximum atomic E-state index is 13.3. The first-order chi connectivity index (χ1) is 15.9. The van der Waals surface area contributed by atoms with Crippen LogP contribution in [0.25, 0.3) is 33.1 Å². The quantitative estimate of drug-likeness (QED) is 0.226. The zero-order valence-corrected chi connectivity index (χ0v) is 18.6. The maximum Gasteiger partial charge on any atom is 0.340 e. The van der Waals surface area contributed by atoms with Crippen LogP contribution in [0.15, 0.2) is 56.3 Å². The Kier molecular flexibility index (Phi) is 6.52. The van der Waals surface area contributed by atoms with Crippen molar-refractivity contribution in [2.24, 2.45) is 0 Å². The number of aryl methyl sites for hydroxylation is 1. The summed E-state index contributed by atoms with van der Waals surface area (Å²) in [6.07, 6.45) is 1.86. The molecule has 2 heterocycles. The highest BCUT2D eigenvalue weighted by Gasteiger charge is 2.18. The molecule has 2 aromatic carbocycles. The van der Waals surface area contributed by atoms with Gasteiger partial charge in [-0.2, -0.15) is 0 Å². The molecule has 1 amide bonds. The minimum Gasteiger partial charge on any atom is -0.464 e. The second-order valence-electron chi connectivity index (χ2n) is 7.55. The number of halogens is 1. The maximum absolute atomic E-state index is 13.3. The van der Waals surface area contributed by atoms with E-state index in [2.05, 4.69) is 10.6 Å². The van der Waals surface area contributed by atoms with E-state index in [1.54, 1.807) is 31.4 Å². The van der Waals surface area contributed by atoms with Gasteiger partial charge in [0.2, 0.25) is 5.91 Å². The Morgan fingerprint density at radius 2 is 1.91 bits per heavy atom. The molecule has 0 aliphatic carbocycles. The lowest BCUT2D eigenvalue weighted by molar-refractivity contribution is -0.119. The number of rotatable bonds is 6. The smallest absolute Gasteiger partial charge is 0.340 e. The standard InChI is InChI=1S/C24H21FN2O5S/c1-13-16-9-18-19(14-3-5-15(25)6-4-14)12-31-20(18)11-21(16)32-23(30)17(13)10-22(29)27-24(33)26-7-2-8-28/h3-6,9,11-12,28H,2,7-8,10H2,1H3,(H2,26,27,29,33). The minimum absolute atomic E-state index is 0.00763. The van der Waals surface area contributed by atoms with Crippen molar-refractivity contribution in [3.63, 3.8) is 0 Å². The molecule has 2 aromatic heterocycles. The molecular formula is C24H21FN2O5S. The first-order valence-electron chi connectivity index (χ1n) is 10.3. The molecule has 0 spiro atoms. The third-order valence-corrected chi connectivity index (χ3v) is 5.59. The molecule has 4 rings (SSSR count). The summed E-state index contributed by atoms with van der Waals surface area (Å²) in [4.78, 5) is 25.0. The van der Waals surface area contributed by atoms with Crippen molar-refractivity contribution in [1.82, 2.24) is 10.6 Å². The van der Waals surface area contributed by atoms with E-state index in [9.17, 15) is 14.0 Å². The highest BCUT2D eigenvalue weighted by atomic mass is 32.1. The molecule has 0 saturated carbocycles. The molecule has 9 heteroatoms. The molecule has 170 valence electrons. The Morgan fingerprint density at radius 3 is 2.64 bits per heavy atom. The number of amides is 1. The van der Waals surface area contributed by atoms with E-state index >= 15 is 0 Å². The fourth-order valence-corrected chi connectivity index (χ4v) is 3.84. The molecule has 33 heavy (non-hydrogen) atoms. The molecule has 0 fully saturated rings. The third-order valence-electron chi connectivity index (χ3n) is 5.35. The molecule has 0 radical (unpaired) electrons. The molecule has 0 saturated heterocycles. The summed E-state index contributed by atoms with van der Waals surface area (Å²) in [5.74, 6) is -0.789. The van der Waals surface area contributed by atoms with Gasteiger partial charge in [-0.1, -0.05) is 12.1 Å². The zero-order chi connectivity index (χ0) is 23.5. The number of thiocarbonyl (C=S) groups is 1. The summed E-state index contributed by atoms with van der Waals surface area (Å²) in [7, 11) is 0. The minimum atomic E-state index is -0.612. The number of benzene rings is 2. The van der Waals surface area contributed by atoms with Gasteiger partial charge in [0.05, 0.1) is 18.2 Å². The van der Waals surface area contributed by atoms with E-state index in [0.717, 1.165) is 16.5 Å². The van der Waals surface area contributed by atoms with Crippen LogP contribution in [-0.2, 0) is 11.2 Å². The van der Waals surface area contributed by atoms with Crippen LogP contribution in [-0.4, -0.2) is 29.3 Å². The van der Waals surface area contributed by atoms with Gasteiger partial charge in [0.15, 0.2) is 5.11 Å². The fraction of sp³-hybridized carbons (Fsp3) is 0.208. The topological polar surface area (TPSA) is 105 Å². The Labute approximate surface area is 193 Å². The first-order valence-corrected chi connectivity index (χ1v) is 10.7. The highest BCUT2D eigenvalue weighted by molar-refractivity contribution is 7.80. The number of nitrogens with one attached hydrogen (secondary N) is 2. The largest absolute Gasteiger partial charge is 0.464 e. The first kappa shape index (κ1) is 22.6. The van der Waals surface area contributed by atoms with Crippen molar-refractivity contribution in [3.05, 3.63) is 70.0 Å². The van der Waals surface area contributed by atoms with Crippen LogP contribution in [0.2, 0.25) is 0 Å². The summed E-state index contributed by atoms with van der Waals surface area (Å²) in [5, 5.41) is 15.7. The molecule has 0 atom stereocenters. The van der Waals surface area contributed by atoms with Gasteiger partial charge < -0.3 is 24.6 Å². The van der Waals surface area contributed by atoms with Gasteiger partial charge in [0.1, 0.15) is 17.0 Å². The number of hydrogen-bond donors (Lipinski definition) is 3. The average molecular weight is 469 g/mol. The predicted molar refractivity (Wildman–Crippen MR) is 127 cm³/mol. The lowest BCUT2D eigenvalue weighted by Crippen LogP contribution is -2.41. The summed E-state index contributed by atoms with van der Waals surface area (Å²) in [5.41, 5.74) is 2.65. The molecule has 0 aliphatic heterocycles. The normalized spacial score (nSPS) is 11.1. The fourth-order valence-electron chi connectivity index (χ4n) is 3.62. The molecule has 0 bridgehead atoms. The van der Waals surface area contributed by atoms with Crippen LogP contribution in [0, 0.1) is 12.7 Å². The number of carbonyl (C=O) groups is 1. The van der Waals surface area contributed by atoms with Crippen molar-refractivity contribution in [3.8, 4) is 11.1 Å². The van der Waals surface area contributed by atoms with E-state index in [0.29, 0.717) is 35.1 Å². The van der Waals surface area contributed by atoms with Gasteiger partial charge in [-0.05, 0) is 54.9 Å². The van der Waals surface area contributed by atoms with Crippen LogP contribution in [0.4, 0.5) is 4.39 Å². The number of carbonyl (C=O) groups excluding carboxylic acids is 1. The van der Waals surface area contributed by atoms with Gasteiger partial charge >= 0.3 is 5.63 Å². The summed E-state index contributed by atoms with van der Waals surface area (Å²) in [6, 6.07) is 9.55. The molecule has 3 N–H and O–H groups in total. The number of fused-ring (bicyclic) bond motifs is 2. The van der Waals surface area contributed by atoms with Crippen LogP contribution < -0.4 is 16.3 Å². The number of furan rings is 1. The second kappa shape index (κ2) is 9.51. The predicted octanol–water partition coefficient (Wildman–Crippen LogP) is 3.57. The Balaban J connectivity index is 1.67. The molecule has 0 aliphatic rings. The highest BCUT2D eigenvalue weighted by Crippen LogP contribution is 2.34. The lowest BCUT2D eigenvalue weighted by Gasteiger charge is -2.10. The van der Waals surface area contributed by atoms with Gasteiger partial charge in [-0.15, -0.1) is 0 Å². The molecule has 0 unspecified atom stereocenters. The zero-order valence-electron chi connectivity index (χ0n) is 17.7. The SMILES string of the molecule is Cc1c(CC(=O)NC(=S)NCCCO)c(=O)oc2cc3occ(-c4ccc(F)cc4)c3cc12. The van der Waals surface area contributed by atoms with E-state index in [1.165, 1.54) is 12.1 Å². The van der Waals surface area contributed by atoms with E-state index in [4.69, 9.17) is 26.2 Å². The molecule has 7 nitrogen and oxygen atoms in total. The Morgan fingerprint density at radius 1 is 1.15 bits per heavy atom. The summed E-state index contributed by atoms with van der Waals surface area (Å²) in [6.45, 7) is 2.18. The lowest BCUT2D eigenvalue weighted by atomic mass is 9.99. The van der Waals surface area contributed by atoms with E-state index in [1.807, 2.05) is 6.07 Å². The van der Waals surface area contributed by atoms with Crippen LogP contribution >= 0.6 is 12.2 Å². The number of aliphatic hydroxyl groups excluding tert-OH is 1. The van der Waals surface area contributed by atoms with Gasteiger partial charge in [-0.3, -0.25) is 4.79 Å². The van der Waals surface area contributed by atoms with Crippen molar-refractivity contribution >= 4 is 45.2 Å². The van der Waals surface area contributed by atoms with Crippen molar-refractivity contribution in [1.29, 1.82) is 0 Å². The Hall–Kier alpha value is -3.56. The average Bonchev–Trinajstić information content (AvgIpc) is 3.19. The summed E-state index contributed by atoms with van der Waals surface area (Å²) < 4.78 is 24.4. The number of aliphatic hydroxyl groups is 1. The van der Waals surface area contributed by atoms with E-state index < -0.39 is 11.5 Å². The van der Waals surface area contributed by atoms with Gasteiger partial charge in [0, 0.05) is 35.6 Å². The monoisotopic (exact) mass is 468 g/mol. The van der Waals surface area contributed by atoms with Gasteiger partial charge in [-0.25, -0.2) is 9.18 Å². The van der Waals surface area contributed by atoms with Crippen molar-refractivity contribution < 1.29 is 23.1 Å². The van der Waals surface area contributed by atoms with Crippen molar-refractivity contribution in [2.75, 3.05) is 13.2 Å². The van der Waals surface area contributed by atoms with Crippen molar-refractivity contribution in [2.45, 2.75) is 19.8 Å². The molecule has 4 aromatic rings. The van der Waals surface area contributed by atoms with Crippen LogP contribution in [0.1, 0.15) is 17.5 Å².